The summed E-state index contributed by atoms with van der Waals surface area (Å²) in [5, 5.41) is 8.85. The summed E-state index contributed by atoms with van der Waals surface area (Å²) >= 11 is 6.26. The van der Waals surface area contributed by atoms with Crippen molar-refractivity contribution in [2.45, 2.75) is 32.4 Å². The van der Waals surface area contributed by atoms with Crippen LogP contribution >= 0.6 is 11.6 Å². The fourth-order valence-corrected chi connectivity index (χ4v) is 3.87. The lowest BCUT2D eigenvalue weighted by Gasteiger charge is -2.30. The molecule has 0 aliphatic heterocycles. The summed E-state index contributed by atoms with van der Waals surface area (Å²) in [4.78, 5) is 15.6. The van der Waals surface area contributed by atoms with Gasteiger partial charge in [-0.1, -0.05) is 84.4 Å². The van der Waals surface area contributed by atoms with E-state index in [1.54, 1.807) is 11.0 Å². The number of carbonyl (C=O) groups is 1. The number of benzene rings is 3. The van der Waals surface area contributed by atoms with Crippen molar-refractivity contribution in [2.24, 2.45) is 0 Å². The van der Waals surface area contributed by atoms with Crippen LogP contribution in [0.5, 0.6) is 0 Å². The molecule has 0 saturated carbocycles. The van der Waals surface area contributed by atoms with Gasteiger partial charge >= 0.3 is 0 Å². The van der Waals surface area contributed by atoms with Gasteiger partial charge < -0.3 is 9.32 Å². The summed E-state index contributed by atoms with van der Waals surface area (Å²) in [7, 11) is 0. The Kier molecular flexibility index (Phi) is 6.66. The number of carbonyl (C=O) groups excluding carboxylic acids is 1. The third-order valence-electron chi connectivity index (χ3n) is 5.30. The van der Waals surface area contributed by atoms with Gasteiger partial charge in [-0.05, 0) is 37.1 Å². The Balaban J connectivity index is 1.64. The van der Waals surface area contributed by atoms with Crippen LogP contribution in [-0.4, -0.2) is 27.0 Å². The van der Waals surface area contributed by atoms with Crippen LogP contribution in [0.3, 0.4) is 0 Å². The van der Waals surface area contributed by atoms with Gasteiger partial charge in [-0.2, -0.15) is 0 Å². The van der Waals surface area contributed by atoms with Gasteiger partial charge in [-0.15, -0.1) is 10.2 Å². The van der Waals surface area contributed by atoms with Gasteiger partial charge in [-0.25, -0.2) is 0 Å². The minimum Gasteiger partial charge on any atom is -0.419 e. The number of rotatable bonds is 7. The minimum absolute atomic E-state index is 0.0186. The molecule has 0 spiro atoms. The maximum Gasteiger partial charge on any atom is 0.249 e. The molecular formula is C26H24ClN3O2. The molecule has 1 amide bonds. The van der Waals surface area contributed by atoms with Crippen LogP contribution in [-0.2, 0) is 11.3 Å². The highest BCUT2D eigenvalue weighted by Gasteiger charge is 2.30. The van der Waals surface area contributed by atoms with Gasteiger partial charge in [0.15, 0.2) is 0 Å². The van der Waals surface area contributed by atoms with E-state index in [0.29, 0.717) is 22.4 Å². The largest absolute Gasteiger partial charge is 0.419 e. The first kappa shape index (κ1) is 21.8. The van der Waals surface area contributed by atoms with Crippen LogP contribution in [0.1, 0.15) is 36.8 Å². The quantitative estimate of drug-likeness (QED) is 0.352. The highest BCUT2D eigenvalue weighted by molar-refractivity contribution is 6.33. The molecule has 4 rings (SSSR count). The predicted molar refractivity (Wildman–Crippen MR) is 125 cm³/mol. The normalized spacial score (nSPS) is 11.2. The van der Waals surface area contributed by atoms with Crippen molar-refractivity contribution < 1.29 is 9.21 Å². The van der Waals surface area contributed by atoms with Crippen molar-refractivity contribution >= 4 is 17.5 Å². The number of halogens is 1. The zero-order valence-electron chi connectivity index (χ0n) is 18.0. The molecule has 0 aliphatic rings. The smallest absolute Gasteiger partial charge is 0.249 e. The molecule has 162 valence electrons. The van der Waals surface area contributed by atoms with Crippen molar-refractivity contribution in [3.8, 4) is 11.5 Å². The van der Waals surface area contributed by atoms with E-state index in [-0.39, 0.29) is 18.5 Å². The van der Waals surface area contributed by atoms with Gasteiger partial charge in [0.2, 0.25) is 17.7 Å². The van der Waals surface area contributed by atoms with E-state index in [9.17, 15) is 4.79 Å². The zero-order valence-corrected chi connectivity index (χ0v) is 18.7. The van der Waals surface area contributed by atoms with Gasteiger partial charge in [0.25, 0.3) is 0 Å². The van der Waals surface area contributed by atoms with E-state index >= 15 is 0 Å². The molecular weight excluding hydrogens is 422 g/mol. The fourth-order valence-electron chi connectivity index (χ4n) is 3.66. The lowest BCUT2D eigenvalue weighted by atomic mass is 9.89. The van der Waals surface area contributed by atoms with Crippen LogP contribution < -0.4 is 0 Å². The van der Waals surface area contributed by atoms with Crippen molar-refractivity contribution in [1.29, 1.82) is 0 Å². The van der Waals surface area contributed by atoms with Crippen molar-refractivity contribution in [1.82, 2.24) is 15.1 Å². The molecule has 0 N–H and O–H groups in total. The lowest BCUT2D eigenvalue weighted by Crippen LogP contribution is -2.40. The Morgan fingerprint density at radius 1 is 0.875 bits per heavy atom. The number of nitrogens with zero attached hydrogens (tertiary/aromatic N) is 3. The summed E-state index contributed by atoms with van der Waals surface area (Å²) in [6.07, 6.45) is 0. The van der Waals surface area contributed by atoms with E-state index in [1.807, 2.05) is 92.7 Å². The first-order valence-corrected chi connectivity index (χ1v) is 10.9. The first-order valence-electron chi connectivity index (χ1n) is 10.5. The Morgan fingerprint density at radius 3 is 2.00 bits per heavy atom. The molecule has 0 aliphatic carbocycles. The number of hydrogen-bond donors (Lipinski definition) is 0. The molecule has 1 heterocycles. The maximum absolute atomic E-state index is 13.8. The van der Waals surface area contributed by atoms with Crippen molar-refractivity contribution in [3.05, 3.63) is 107 Å². The fraction of sp³-hybridized carbons (Fsp3) is 0.192. The topological polar surface area (TPSA) is 59.2 Å². The summed E-state index contributed by atoms with van der Waals surface area (Å²) in [6.45, 7) is 4.18. The number of amides is 1. The average Bonchev–Trinajstić information content (AvgIpc) is 3.27. The maximum atomic E-state index is 13.8. The molecule has 4 aromatic rings. The molecule has 5 nitrogen and oxygen atoms in total. The minimum atomic E-state index is -0.425. The van der Waals surface area contributed by atoms with Crippen LogP contribution in [0.15, 0.2) is 89.3 Å². The third kappa shape index (κ3) is 4.73. The van der Waals surface area contributed by atoms with Crippen molar-refractivity contribution in [3.63, 3.8) is 0 Å². The molecule has 0 saturated heterocycles. The molecule has 6 heteroatoms. The van der Waals surface area contributed by atoms with Gasteiger partial charge in [-0.3, -0.25) is 4.79 Å². The molecule has 3 aromatic carbocycles. The van der Waals surface area contributed by atoms with Gasteiger partial charge in [0, 0.05) is 6.04 Å². The molecule has 0 radical (unpaired) electrons. The van der Waals surface area contributed by atoms with Gasteiger partial charge in [0.1, 0.15) is 0 Å². The molecule has 1 aromatic heterocycles. The standard InChI is InChI=1S/C26H24ClN3O2/c1-18(2)30(17-23-28-29-25(32-23)21-15-9-10-16-22(21)27)26(31)24(19-11-5-3-6-12-19)20-13-7-4-8-14-20/h3-16,18,24H,17H2,1-2H3. The van der Waals surface area contributed by atoms with Crippen LogP contribution in [0.25, 0.3) is 11.5 Å². The SMILES string of the molecule is CC(C)N(Cc1nnc(-c2ccccc2Cl)o1)C(=O)C(c1ccccc1)c1ccccc1. The highest BCUT2D eigenvalue weighted by Crippen LogP contribution is 2.30. The second-order valence-corrected chi connectivity index (χ2v) is 8.20. The van der Waals surface area contributed by atoms with Crippen LogP contribution in [0, 0.1) is 0 Å². The Hall–Kier alpha value is -3.44. The van der Waals surface area contributed by atoms with E-state index < -0.39 is 5.92 Å². The zero-order chi connectivity index (χ0) is 22.5. The van der Waals surface area contributed by atoms with Crippen LogP contribution in [0.2, 0.25) is 5.02 Å². The van der Waals surface area contributed by atoms with Crippen molar-refractivity contribution in [2.75, 3.05) is 0 Å². The second kappa shape index (κ2) is 9.79. The Morgan fingerprint density at radius 2 is 1.44 bits per heavy atom. The lowest BCUT2D eigenvalue weighted by molar-refractivity contribution is -0.134. The molecule has 0 atom stereocenters. The molecule has 0 unspecified atom stereocenters. The third-order valence-corrected chi connectivity index (χ3v) is 5.63. The number of hydrogen-bond acceptors (Lipinski definition) is 4. The summed E-state index contributed by atoms with van der Waals surface area (Å²) < 4.78 is 5.87. The van der Waals surface area contributed by atoms with Gasteiger partial charge in [0.05, 0.1) is 23.0 Å². The summed E-state index contributed by atoms with van der Waals surface area (Å²) in [5.74, 6) is 0.256. The Bertz CT molecular complexity index is 1140. The van der Waals surface area contributed by atoms with Crippen LogP contribution in [0.4, 0.5) is 0 Å². The van der Waals surface area contributed by atoms with E-state index in [4.69, 9.17) is 16.0 Å². The predicted octanol–water partition coefficient (Wildman–Crippen LogP) is 5.96. The van der Waals surface area contributed by atoms with E-state index in [0.717, 1.165) is 11.1 Å². The molecule has 32 heavy (non-hydrogen) atoms. The summed E-state index contributed by atoms with van der Waals surface area (Å²) in [5.41, 5.74) is 2.55. The monoisotopic (exact) mass is 445 g/mol. The first-order chi connectivity index (χ1) is 15.5. The second-order valence-electron chi connectivity index (χ2n) is 7.80. The highest BCUT2D eigenvalue weighted by atomic mass is 35.5. The van der Waals surface area contributed by atoms with E-state index in [1.165, 1.54) is 0 Å². The summed E-state index contributed by atoms with van der Waals surface area (Å²) in [6, 6.07) is 26.9. The Labute approximate surface area is 192 Å². The molecule has 0 bridgehead atoms. The average molecular weight is 446 g/mol. The van der Waals surface area contributed by atoms with E-state index in [2.05, 4.69) is 10.2 Å². The number of aromatic nitrogens is 2. The molecule has 0 fully saturated rings.